The van der Waals surface area contributed by atoms with Gasteiger partial charge in [0.2, 0.25) is 0 Å². The Kier molecular flexibility index (Phi) is 5.91. The summed E-state index contributed by atoms with van der Waals surface area (Å²) in [5.41, 5.74) is 1.80. The Balaban J connectivity index is 2.00. The third-order valence-electron chi connectivity index (χ3n) is 4.22. The van der Waals surface area contributed by atoms with Crippen molar-refractivity contribution >= 4 is 11.8 Å². The lowest BCUT2D eigenvalue weighted by molar-refractivity contribution is 0.0245. The van der Waals surface area contributed by atoms with Crippen molar-refractivity contribution in [3.8, 4) is 0 Å². The molecule has 23 heavy (non-hydrogen) atoms. The van der Waals surface area contributed by atoms with E-state index in [0.717, 1.165) is 23.7 Å². The monoisotopic (exact) mass is 318 g/mol. The van der Waals surface area contributed by atoms with Crippen molar-refractivity contribution in [2.75, 3.05) is 18.4 Å². The fourth-order valence-corrected chi connectivity index (χ4v) is 2.62. The second kappa shape index (κ2) is 7.71. The molecule has 1 saturated carbocycles. The highest BCUT2D eigenvalue weighted by Gasteiger charge is 2.22. The zero-order chi connectivity index (χ0) is 16.9. The lowest BCUT2D eigenvalue weighted by Gasteiger charge is -2.28. The molecule has 0 bridgehead atoms. The van der Waals surface area contributed by atoms with E-state index in [9.17, 15) is 4.79 Å². The van der Waals surface area contributed by atoms with Gasteiger partial charge in [-0.2, -0.15) is 0 Å². The van der Waals surface area contributed by atoms with E-state index in [1.807, 2.05) is 39.8 Å². The number of anilines is 1. The number of carbonyl (C=O) groups excluding carboxylic acids is 1. The molecule has 0 spiro atoms. The quantitative estimate of drug-likeness (QED) is 0.829. The molecule has 1 amide bonds. The van der Waals surface area contributed by atoms with E-state index in [-0.39, 0.29) is 6.09 Å². The van der Waals surface area contributed by atoms with Gasteiger partial charge in [0.15, 0.2) is 0 Å². The number of hydrogen-bond donors (Lipinski definition) is 1. The van der Waals surface area contributed by atoms with Gasteiger partial charge in [-0.1, -0.05) is 24.6 Å². The SMILES string of the molecule is CCN(Cc1ccccc1NCC1CCC1)C(=O)OC(C)(C)C. The van der Waals surface area contributed by atoms with E-state index < -0.39 is 5.60 Å². The number of nitrogens with one attached hydrogen (secondary N) is 1. The van der Waals surface area contributed by atoms with Crippen molar-refractivity contribution in [1.82, 2.24) is 4.90 Å². The summed E-state index contributed by atoms with van der Waals surface area (Å²) in [5, 5.41) is 3.55. The highest BCUT2D eigenvalue weighted by atomic mass is 16.6. The smallest absolute Gasteiger partial charge is 0.410 e. The molecule has 0 unspecified atom stereocenters. The van der Waals surface area contributed by atoms with Crippen LogP contribution in [0.3, 0.4) is 0 Å². The lowest BCUT2D eigenvalue weighted by atomic mass is 9.85. The predicted octanol–water partition coefficient (Wildman–Crippen LogP) is 4.66. The minimum atomic E-state index is -0.466. The van der Waals surface area contributed by atoms with Crippen LogP contribution in [0.2, 0.25) is 0 Å². The van der Waals surface area contributed by atoms with Crippen LogP contribution in [-0.4, -0.2) is 29.7 Å². The summed E-state index contributed by atoms with van der Waals surface area (Å²) >= 11 is 0. The molecule has 1 fully saturated rings. The van der Waals surface area contributed by atoms with Gasteiger partial charge < -0.3 is 15.0 Å². The van der Waals surface area contributed by atoms with Crippen LogP contribution in [0.4, 0.5) is 10.5 Å². The normalized spacial score (nSPS) is 15.0. The number of ether oxygens (including phenoxy) is 1. The molecule has 1 N–H and O–H groups in total. The number of hydrogen-bond acceptors (Lipinski definition) is 3. The molecule has 4 heteroatoms. The van der Waals surface area contributed by atoms with Crippen LogP contribution < -0.4 is 5.32 Å². The van der Waals surface area contributed by atoms with Gasteiger partial charge in [-0.05, 0) is 58.1 Å². The van der Waals surface area contributed by atoms with E-state index >= 15 is 0 Å². The fraction of sp³-hybridized carbons (Fsp3) is 0.632. The van der Waals surface area contributed by atoms with Gasteiger partial charge in [-0.15, -0.1) is 0 Å². The first-order chi connectivity index (χ1) is 10.9. The molecule has 1 aliphatic carbocycles. The predicted molar refractivity (Wildman–Crippen MR) is 94.6 cm³/mol. The molecule has 0 atom stereocenters. The van der Waals surface area contributed by atoms with E-state index in [4.69, 9.17) is 4.74 Å². The van der Waals surface area contributed by atoms with Gasteiger partial charge >= 0.3 is 6.09 Å². The number of carbonyl (C=O) groups is 1. The van der Waals surface area contributed by atoms with Gasteiger partial charge in [0.25, 0.3) is 0 Å². The van der Waals surface area contributed by atoms with Gasteiger partial charge in [-0.25, -0.2) is 4.79 Å². The molecule has 0 heterocycles. The van der Waals surface area contributed by atoms with Gasteiger partial charge in [-0.3, -0.25) is 0 Å². The van der Waals surface area contributed by atoms with Crippen LogP contribution in [0.1, 0.15) is 52.5 Å². The van der Waals surface area contributed by atoms with Crippen molar-refractivity contribution in [3.63, 3.8) is 0 Å². The maximum Gasteiger partial charge on any atom is 0.410 e. The van der Waals surface area contributed by atoms with Crippen LogP contribution in [-0.2, 0) is 11.3 Å². The van der Waals surface area contributed by atoms with Crippen molar-refractivity contribution in [2.24, 2.45) is 5.92 Å². The molecular weight excluding hydrogens is 288 g/mol. The average Bonchev–Trinajstić information content (AvgIpc) is 2.42. The Labute approximate surface area is 140 Å². The third kappa shape index (κ3) is 5.45. The summed E-state index contributed by atoms with van der Waals surface area (Å²) in [5.74, 6) is 0.802. The maximum absolute atomic E-state index is 12.3. The standard InChI is InChI=1S/C19H30N2O2/c1-5-21(18(22)23-19(2,3)4)14-16-11-6-7-12-17(16)20-13-15-9-8-10-15/h6-7,11-12,15,20H,5,8-10,13-14H2,1-4H3. The fourth-order valence-electron chi connectivity index (χ4n) is 2.62. The topological polar surface area (TPSA) is 41.6 Å². The summed E-state index contributed by atoms with van der Waals surface area (Å²) < 4.78 is 5.49. The molecule has 128 valence electrons. The average molecular weight is 318 g/mol. The number of nitrogens with zero attached hydrogens (tertiary/aromatic N) is 1. The Bertz CT molecular complexity index is 518. The van der Waals surface area contributed by atoms with E-state index in [2.05, 4.69) is 17.4 Å². The molecule has 1 aromatic rings. The highest BCUT2D eigenvalue weighted by molar-refractivity contribution is 5.68. The number of rotatable bonds is 6. The second-order valence-electron chi connectivity index (χ2n) is 7.33. The van der Waals surface area contributed by atoms with Gasteiger partial charge in [0.05, 0.1) is 6.54 Å². The van der Waals surface area contributed by atoms with Crippen molar-refractivity contribution < 1.29 is 9.53 Å². The Morgan fingerprint density at radius 3 is 2.57 bits per heavy atom. The largest absolute Gasteiger partial charge is 0.444 e. The second-order valence-corrected chi connectivity index (χ2v) is 7.33. The van der Waals surface area contributed by atoms with Crippen LogP contribution in [0.15, 0.2) is 24.3 Å². The van der Waals surface area contributed by atoms with Crippen molar-refractivity contribution in [1.29, 1.82) is 0 Å². The first-order valence-corrected chi connectivity index (χ1v) is 8.68. The molecule has 1 aliphatic rings. The van der Waals surface area contributed by atoms with E-state index in [0.29, 0.717) is 13.1 Å². The van der Waals surface area contributed by atoms with Crippen molar-refractivity contribution in [3.05, 3.63) is 29.8 Å². The summed E-state index contributed by atoms with van der Waals surface area (Å²) in [6.45, 7) is 9.89. The summed E-state index contributed by atoms with van der Waals surface area (Å²) in [4.78, 5) is 14.1. The molecule has 0 saturated heterocycles. The zero-order valence-electron chi connectivity index (χ0n) is 14.9. The molecule has 2 rings (SSSR count). The Morgan fingerprint density at radius 1 is 1.30 bits per heavy atom. The minimum Gasteiger partial charge on any atom is -0.444 e. The first kappa shape index (κ1) is 17.6. The number of para-hydroxylation sites is 1. The van der Waals surface area contributed by atoms with Gasteiger partial charge in [0, 0.05) is 18.8 Å². The summed E-state index contributed by atoms with van der Waals surface area (Å²) in [6.07, 6.45) is 3.76. The molecule has 0 aromatic heterocycles. The molecule has 0 radical (unpaired) electrons. The summed E-state index contributed by atoms with van der Waals surface area (Å²) in [7, 11) is 0. The molecule has 0 aliphatic heterocycles. The van der Waals surface area contributed by atoms with Crippen LogP contribution in [0, 0.1) is 5.92 Å². The van der Waals surface area contributed by atoms with Crippen molar-refractivity contribution in [2.45, 2.75) is 59.1 Å². The lowest BCUT2D eigenvalue weighted by Crippen LogP contribution is -2.36. The molecule has 1 aromatic carbocycles. The Morgan fingerprint density at radius 2 is 2.00 bits per heavy atom. The van der Waals surface area contributed by atoms with Crippen LogP contribution >= 0.6 is 0 Å². The van der Waals surface area contributed by atoms with E-state index in [1.165, 1.54) is 19.3 Å². The highest BCUT2D eigenvalue weighted by Crippen LogP contribution is 2.27. The number of amides is 1. The number of benzene rings is 1. The maximum atomic E-state index is 12.3. The minimum absolute atomic E-state index is 0.256. The third-order valence-corrected chi connectivity index (χ3v) is 4.22. The molecule has 4 nitrogen and oxygen atoms in total. The Hall–Kier alpha value is -1.71. The van der Waals surface area contributed by atoms with Gasteiger partial charge in [0.1, 0.15) is 5.60 Å². The van der Waals surface area contributed by atoms with E-state index in [1.54, 1.807) is 4.90 Å². The van der Waals surface area contributed by atoms with Crippen LogP contribution in [0.5, 0.6) is 0 Å². The molecular formula is C19H30N2O2. The van der Waals surface area contributed by atoms with Crippen LogP contribution in [0.25, 0.3) is 0 Å². The zero-order valence-corrected chi connectivity index (χ0v) is 14.9. The first-order valence-electron chi connectivity index (χ1n) is 8.68. The summed E-state index contributed by atoms with van der Waals surface area (Å²) in [6, 6.07) is 8.23.